The van der Waals surface area contributed by atoms with Crippen LogP contribution in [0.5, 0.6) is 11.5 Å². The smallest absolute Gasteiger partial charge is 0.173 e. The van der Waals surface area contributed by atoms with Crippen LogP contribution in [0.3, 0.4) is 0 Å². The Morgan fingerprint density at radius 2 is 2.06 bits per heavy atom. The van der Waals surface area contributed by atoms with Gasteiger partial charge in [0.25, 0.3) is 0 Å². The van der Waals surface area contributed by atoms with Crippen LogP contribution < -0.4 is 4.74 Å². The Kier molecular flexibility index (Phi) is 3.77. The van der Waals surface area contributed by atoms with Crippen molar-refractivity contribution in [2.24, 2.45) is 0 Å². The van der Waals surface area contributed by atoms with Gasteiger partial charge in [-0.05, 0) is 42.8 Å². The van der Waals surface area contributed by atoms with Crippen molar-refractivity contribution in [3.8, 4) is 11.5 Å². The van der Waals surface area contributed by atoms with E-state index in [1.54, 1.807) is 12.1 Å². The molecule has 0 amide bonds. The van der Waals surface area contributed by atoms with Crippen LogP contribution in [-0.2, 0) is 0 Å². The maximum atomic E-state index is 13.6. The average Bonchev–Trinajstić information content (AvgIpc) is 2.34. The topological polar surface area (TPSA) is 26.3 Å². The van der Waals surface area contributed by atoms with Crippen LogP contribution in [0.15, 0.2) is 40.9 Å². The monoisotopic (exact) mass is 308 g/mol. The number of carbonyl (C=O) groups is 1. The zero-order valence-electron chi connectivity index (χ0n) is 9.61. The van der Waals surface area contributed by atoms with Crippen LogP contribution in [0, 0.1) is 12.7 Å². The first kappa shape index (κ1) is 12.8. The van der Waals surface area contributed by atoms with Crippen molar-refractivity contribution in [3.05, 3.63) is 57.8 Å². The summed E-state index contributed by atoms with van der Waals surface area (Å²) >= 11 is 3.34. The molecule has 0 aliphatic carbocycles. The number of benzene rings is 2. The van der Waals surface area contributed by atoms with Crippen molar-refractivity contribution in [1.29, 1.82) is 0 Å². The number of hydrogen-bond donors (Lipinski definition) is 0. The zero-order chi connectivity index (χ0) is 13.1. The minimum atomic E-state index is -0.554. The minimum absolute atomic E-state index is 0.0436. The molecule has 0 heterocycles. The third-order valence-corrected chi connectivity index (χ3v) is 2.97. The number of aryl methyl sites for hydroxylation is 1. The fraction of sp³-hybridized carbons (Fsp3) is 0.0714. The third-order valence-electron chi connectivity index (χ3n) is 2.47. The van der Waals surface area contributed by atoms with Gasteiger partial charge in [-0.1, -0.05) is 22.0 Å². The van der Waals surface area contributed by atoms with Gasteiger partial charge in [0, 0.05) is 4.47 Å². The van der Waals surface area contributed by atoms with E-state index in [9.17, 15) is 9.18 Å². The highest BCUT2D eigenvalue weighted by molar-refractivity contribution is 9.10. The summed E-state index contributed by atoms with van der Waals surface area (Å²) in [5.41, 5.74) is 1.04. The Balaban J connectivity index is 2.42. The third kappa shape index (κ3) is 2.59. The van der Waals surface area contributed by atoms with Crippen LogP contribution in [0.2, 0.25) is 0 Å². The van der Waals surface area contributed by atoms with Crippen LogP contribution in [-0.4, -0.2) is 6.29 Å². The second kappa shape index (κ2) is 5.31. The van der Waals surface area contributed by atoms with E-state index in [4.69, 9.17) is 4.74 Å². The Bertz CT molecular complexity index is 596. The van der Waals surface area contributed by atoms with E-state index in [0.717, 1.165) is 10.0 Å². The van der Waals surface area contributed by atoms with Crippen molar-refractivity contribution in [2.45, 2.75) is 6.92 Å². The molecule has 2 rings (SSSR count). The Hall–Kier alpha value is -1.68. The van der Waals surface area contributed by atoms with Crippen LogP contribution >= 0.6 is 15.9 Å². The molecule has 0 N–H and O–H groups in total. The maximum Gasteiger partial charge on any atom is 0.173 e. The summed E-state index contributed by atoms with van der Waals surface area (Å²) in [6.07, 6.45) is 0.576. The number of rotatable bonds is 3. The molecule has 0 unspecified atom stereocenters. The van der Waals surface area contributed by atoms with Gasteiger partial charge in [-0.3, -0.25) is 4.79 Å². The molecule has 0 saturated heterocycles. The van der Waals surface area contributed by atoms with Gasteiger partial charge in [0.2, 0.25) is 0 Å². The summed E-state index contributed by atoms with van der Waals surface area (Å²) < 4.78 is 20.0. The summed E-state index contributed by atoms with van der Waals surface area (Å²) in [7, 11) is 0. The summed E-state index contributed by atoms with van der Waals surface area (Å²) in [6, 6.07) is 9.62. The van der Waals surface area contributed by atoms with Crippen molar-refractivity contribution >= 4 is 22.2 Å². The largest absolute Gasteiger partial charge is 0.453 e. The van der Waals surface area contributed by atoms with E-state index in [0.29, 0.717) is 12.0 Å². The van der Waals surface area contributed by atoms with Crippen molar-refractivity contribution in [2.75, 3.05) is 0 Å². The quantitative estimate of drug-likeness (QED) is 0.780. The van der Waals surface area contributed by atoms with Crippen molar-refractivity contribution in [1.82, 2.24) is 0 Å². The first-order valence-corrected chi connectivity index (χ1v) is 6.09. The molecule has 2 aromatic carbocycles. The number of hydrogen-bond acceptors (Lipinski definition) is 2. The normalized spacial score (nSPS) is 10.2. The molecule has 0 spiro atoms. The summed E-state index contributed by atoms with van der Waals surface area (Å²) in [6.45, 7) is 1.85. The Morgan fingerprint density at radius 1 is 1.28 bits per heavy atom. The van der Waals surface area contributed by atoms with Crippen LogP contribution in [0.25, 0.3) is 0 Å². The summed E-state index contributed by atoms with van der Waals surface area (Å²) in [4.78, 5) is 10.9. The molecule has 0 aliphatic heterocycles. The summed E-state index contributed by atoms with van der Waals surface area (Å²) in [5.74, 6) is -0.0776. The van der Waals surface area contributed by atoms with E-state index in [1.807, 2.05) is 13.0 Å². The van der Waals surface area contributed by atoms with Crippen LogP contribution in [0.4, 0.5) is 4.39 Å². The lowest BCUT2D eigenvalue weighted by Gasteiger charge is -2.11. The molecule has 0 bridgehead atoms. The van der Waals surface area contributed by atoms with Crippen molar-refractivity contribution in [3.63, 3.8) is 0 Å². The predicted molar refractivity (Wildman–Crippen MR) is 70.7 cm³/mol. The SMILES string of the molecule is Cc1cc(Br)ccc1Oc1c(F)cccc1C=O. The molecule has 0 aliphatic rings. The lowest BCUT2D eigenvalue weighted by molar-refractivity contribution is 0.112. The van der Waals surface area contributed by atoms with Gasteiger partial charge in [-0.15, -0.1) is 0 Å². The van der Waals surface area contributed by atoms with Crippen LogP contribution in [0.1, 0.15) is 15.9 Å². The number of carbonyl (C=O) groups excluding carboxylic acids is 1. The number of para-hydroxylation sites is 1. The fourth-order valence-electron chi connectivity index (χ4n) is 1.56. The molecule has 0 aromatic heterocycles. The molecule has 0 radical (unpaired) electrons. The summed E-state index contributed by atoms with van der Waals surface area (Å²) in [5, 5.41) is 0. The highest BCUT2D eigenvalue weighted by Gasteiger charge is 2.11. The molecule has 18 heavy (non-hydrogen) atoms. The second-order valence-electron chi connectivity index (χ2n) is 3.79. The minimum Gasteiger partial charge on any atom is -0.453 e. The highest BCUT2D eigenvalue weighted by Crippen LogP contribution is 2.30. The molecule has 4 heteroatoms. The lowest BCUT2D eigenvalue weighted by atomic mass is 10.2. The molecular weight excluding hydrogens is 299 g/mol. The van der Waals surface area contributed by atoms with Gasteiger partial charge < -0.3 is 4.74 Å². The molecular formula is C14H10BrFO2. The standard InChI is InChI=1S/C14H10BrFO2/c1-9-7-11(15)5-6-13(9)18-14-10(8-17)3-2-4-12(14)16/h2-8H,1H3. The lowest BCUT2D eigenvalue weighted by Crippen LogP contribution is -1.95. The van der Waals surface area contributed by atoms with Gasteiger partial charge in [0.1, 0.15) is 5.75 Å². The molecule has 0 fully saturated rings. The van der Waals surface area contributed by atoms with E-state index < -0.39 is 5.82 Å². The first-order chi connectivity index (χ1) is 8.61. The van der Waals surface area contributed by atoms with E-state index in [1.165, 1.54) is 18.2 Å². The average molecular weight is 309 g/mol. The van der Waals surface area contributed by atoms with Gasteiger partial charge in [-0.25, -0.2) is 4.39 Å². The zero-order valence-corrected chi connectivity index (χ0v) is 11.2. The molecule has 2 nitrogen and oxygen atoms in total. The predicted octanol–water partition coefficient (Wildman–Crippen LogP) is 4.50. The Morgan fingerprint density at radius 3 is 2.72 bits per heavy atom. The Labute approximate surface area is 113 Å². The van der Waals surface area contributed by atoms with E-state index >= 15 is 0 Å². The van der Waals surface area contributed by atoms with Gasteiger partial charge in [0.05, 0.1) is 5.56 Å². The fourth-order valence-corrected chi connectivity index (χ4v) is 2.04. The number of halogens is 2. The van der Waals surface area contributed by atoms with E-state index in [2.05, 4.69) is 15.9 Å². The number of ether oxygens (including phenoxy) is 1. The molecule has 2 aromatic rings. The van der Waals surface area contributed by atoms with Gasteiger partial charge in [-0.2, -0.15) is 0 Å². The maximum absolute atomic E-state index is 13.6. The highest BCUT2D eigenvalue weighted by atomic mass is 79.9. The molecule has 0 saturated carbocycles. The molecule has 0 atom stereocenters. The second-order valence-corrected chi connectivity index (χ2v) is 4.70. The van der Waals surface area contributed by atoms with Gasteiger partial charge in [0.15, 0.2) is 17.9 Å². The van der Waals surface area contributed by atoms with E-state index in [-0.39, 0.29) is 11.3 Å². The number of aldehydes is 1. The first-order valence-electron chi connectivity index (χ1n) is 5.29. The van der Waals surface area contributed by atoms with Gasteiger partial charge >= 0.3 is 0 Å². The van der Waals surface area contributed by atoms with Crippen molar-refractivity contribution < 1.29 is 13.9 Å². The molecule has 92 valence electrons.